The molecule has 0 saturated carbocycles. The minimum absolute atomic E-state index is 0. The summed E-state index contributed by atoms with van der Waals surface area (Å²) >= 11 is 0. The normalized spacial score (nSPS) is 14.6. The molecule has 3 N–H and O–H groups in total. The monoisotopic (exact) mass is 425 g/mol. The highest BCUT2D eigenvalue weighted by Crippen LogP contribution is 2.23. The number of imidazole rings is 1. The summed E-state index contributed by atoms with van der Waals surface area (Å²) in [5, 5.41) is 10.8. The second-order valence-electron chi connectivity index (χ2n) is 7.23. The van der Waals surface area contributed by atoms with Crippen LogP contribution in [0.2, 0.25) is 0 Å². The summed E-state index contributed by atoms with van der Waals surface area (Å²) < 4.78 is 1.75. The third-order valence-electron chi connectivity index (χ3n) is 5.14. The van der Waals surface area contributed by atoms with Crippen LogP contribution in [-0.4, -0.2) is 60.8 Å². The molecule has 30 heavy (non-hydrogen) atoms. The number of nitrogens with zero attached hydrogens (tertiary/aromatic N) is 6. The second-order valence-corrected chi connectivity index (χ2v) is 7.23. The number of benzene rings is 1. The summed E-state index contributed by atoms with van der Waals surface area (Å²) in [5.41, 5.74) is 4.05. The van der Waals surface area contributed by atoms with E-state index in [0.29, 0.717) is 5.95 Å². The van der Waals surface area contributed by atoms with Gasteiger partial charge in [0.1, 0.15) is 12.1 Å². The fraction of sp³-hybridized carbons (Fsp3) is 0.300. The number of hydrogen-bond acceptors (Lipinski definition) is 7. The Kier molecular flexibility index (Phi) is 5.93. The zero-order chi connectivity index (χ0) is 19.6. The number of aryl methyl sites for hydroxylation is 1. The van der Waals surface area contributed by atoms with Crippen molar-refractivity contribution in [2.75, 3.05) is 31.5 Å². The minimum atomic E-state index is 0. The Balaban J connectivity index is 0.00000218. The maximum atomic E-state index is 4.63. The number of fused-ring (bicyclic) bond motifs is 1. The van der Waals surface area contributed by atoms with Gasteiger partial charge in [-0.3, -0.25) is 4.90 Å². The van der Waals surface area contributed by atoms with Crippen molar-refractivity contribution in [2.24, 2.45) is 7.05 Å². The van der Waals surface area contributed by atoms with E-state index < -0.39 is 0 Å². The van der Waals surface area contributed by atoms with Crippen LogP contribution in [0.5, 0.6) is 0 Å². The average molecular weight is 426 g/mol. The summed E-state index contributed by atoms with van der Waals surface area (Å²) in [6.07, 6.45) is 3.40. The smallest absolute Gasteiger partial charge is 0.206 e. The van der Waals surface area contributed by atoms with Gasteiger partial charge >= 0.3 is 0 Å². The summed E-state index contributed by atoms with van der Waals surface area (Å²) in [6.45, 7) is 5.17. The van der Waals surface area contributed by atoms with E-state index >= 15 is 0 Å². The number of halogens is 1. The lowest BCUT2D eigenvalue weighted by molar-refractivity contribution is 0.233. The van der Waals surface area contributed by atoms with Gasteiger partial charge in [-0.1, -0.05) is 0 Å². The molecule has 0 amide bonds. The minimum Gasteiger partial charge on any atom is -0.324 e. The van der Waals surface area contributed by atoms with Crippen LogP contribution in [0.3, 0.4) is 0 Å². The van der Waals surface area contributed by atoms with Crippen LogP contribution in [0, 0.1) is 0 Å². The molecule has 0 spiro atoms. The summed E-state index contributed by atoms with van der Waals surface area (Å²) in [7, 11) is 1.88. The van der Waals surface area contributed by atoms with Crippen LogP contribution in [0.1, 0.15) is 5.56 Å². The fourth-order valence-corrected chi connectivity index (χ4v) is 3.66. The van der Waals surface area contributed by atoms with Gasteiger partial charge in [0.15, 0.2) is 5.82 Å². The first kappa shape index (κ1) is 20.3. The van der Waals surface area contributed by atoms with Crippen molar-refractivity contribution in [1.82, 2.24) is 39.9 Å². The Bertz CT molecular complexity index is 1130. The number of H-pyrrole nitrogens is 1. The lowest BCUT2D eigenvalue weighted by Gasteiger charge is -2.27. The van der Waals surface area contributed by atoms with Crippen molar-refractivity contribution in [3.63, 3.8) is 0 Å². The van der Waals surface area contributed by atoms with Crippen LogP contribution in [0.25, 0.3) is 22.4 Å². The molecule has 5 rings (SSSR count). The third kappa shape index (κ3) is 4.28. The molecule has 0 bridgehead atoms. The quantitative estimate of drug-likeness (QED) is 0.451. The molecule has 0 radical (unpaired) electrons. The van der Waals surface area contributed by atoms with Crippen LogP contribution >= 0.6 is 12.4 Å². The average Bonchev–Trinajstić information content (AvgIpc) is 3.33. The standard InChI is InChI=1S/C20H23N9.ClH/c1-28-19(23-13-24-28)15-2-3-16-17(11-15)26-20(25-16)27-18-10-14(4-5-22-18)12-29-8-6-21-7-9-29;/h2-5,10-11,13,21H,6-9,12H2,1H3,(H2,22,25,26,27);1H. The Hall–Kier alpha value is -3.01. The van der Waals surface area contributed by atoms with Gasteiger partial charge in [-0.2, -0.15) is 5.10 Å². The summed E-state index contributed by atoms with van der Waals surface area (Å²) in [5.74, 6) is 2.27. The number of pyridine rings is 1. The Morgan fingerprint density at radius 1 is 1.10 bits per heavy atom. The number of piperazine rings is 1. The maximum absolute atomic E-state index is 4.63. The van der Waals surface area contributed by atoms with Crippen molar-refractivity contribution < 1.29 is 0 Å². The number of hydrogen-bond donors (Lipinski definition) is 3. The molecule has 3 aromatic heterocycles. The third-order valence-corrected chi connectivity index (χ3v) is 5.14. The molecule has 1 fully saturated rings. The van der Waals surface area contributed by atoms with Crippen LogP contribution in [-0.2, 0) is 13.6 Å². The Morgan fingerprint density at radius 2 is 1.97 bits per heavy atom. The molecule has 0 unspecified atom stereocenters. The van der Waals surface area contributed by atoms with Crippen LogP contribution in [0.15, 0.2) is 42.9 Å². The Morgan fingerprint density at radius 3 is 2.77 bits per heavy atom. The lowest BCUT2D eigenvalue weighted by Crippen LogP contribution is -2.42. The molecular weight excluding hydrogens is 402 g/mol. The van der Waals surface area contributed by atoms with Crippen molar-refractivity contribution >= 4 is 35.2 Å². The largest absolute Gasteiger partial charge is 0.324 e. The molecule has 0 aliphatic carbocycles. The first-order valence-electron chi connectivity index (χ1n) is 9.74. The number of nitrogens with one attached hydrogen (secondary N) is 3. The van der Waals surface area contributed by atoms with Crippen LogP contribution < -0.4 is 10.6 Å². The van der Waals surface area contributed by atoms with Gasteiger partial charge in [-0.05, 0) is 35.9 Å². The molecule has 10 heteroatoms. The molecule has 4 heterocycles. The van der Waals surface area contributed by atoms with Gasteiger partial charge < -0.3 is 15.6 Å². The zero-order valence-corrected chi connectivity index (χ0v) is 17.5. The highest BCUT2D eigenvalue weighted by molar-refractivity contribution is 5.85. The van der Waals surface area contributed by atoms with Gasteiger partial charge in [0.2, 0.25) is 5.95 Å². The van der Waals surface area contributed by atoms with Crippen molar-refractivity contribution in [1.29, 1.82) is 0 Å². The first-order chi connectivity index (χ1) is 14.2. The van der Waals surface area contributed by atoms with E-state index in [-0.39, 0.29) is 12.4 Å². The summed E-state index contributed by atoms with van der Waals surface area (Å²) in [6, 6.07) is 10.2. The highest BCUT2D eigenvalue weighted by Gasteiger charge is 2.11. The molecule has 1 aliphatic heterocycles. The van der Waals surface area contributed by atoms with E-state index in [9.17, 15) is 0 Å². The van der Waals surface area contributed by atoms with E-state index in [2.05, 4.69) is 52.7 Å². The number of rotatable bonds is 5. The SMILES string of the molecule is Cl.Cn1ncnc1-c1ccc2nc(Nc3cc(CN4CCNCC4)ccn3)[nH]c2c1. The molecule has 9 nitrogen and oxygen atoms in total. The van der Waals surface area contributed by atoms with E-state index in [1.165, 1.54) is 5.56 Å². The van der Waals surface area contributed by atoms with Gasteiger partial charge in [0, 0.05) is 51.5 Å². The predicted molar refractivity (Wildman–Crippen MR) is 119 cm³/mol. The first-order valence-corrected chi connectivity index (χ1v) is 9.74. The van der Waals surface area contributed by atoms with E-state index in [4.69, 9.17) is 0 Å². The van der Waals surface area contributed by atoms with Crippen molar-refractivity contribution in [3.8, 4) is 11.4 Å². The molecular formula is C20H24ClN9. The number of aromatic nitrogens is 6. The molecule has 1 aromatic carbocycles. The predicted octanol–water partition coefficient (Wildman–Crippen LogP) is 2.32. The van der Waals surface area contributed by atoms with Gasteiger partial charge in [-0.15, -0.1) is 12.4 Å². The van der Waals surface area contributed by atoms with E-state index in [1.807, 2.05) is 31.4 Å². The highest BCUT2D eigenvalue weighted by atomic mass is 35.5. The van der Waals surface area contributed by atoms with Crippen molar-refractivity contribution in [3.05, 3.63) is 48.4 Å². The molecule has 4 aromatic rings. The van der Waals surface area contributed by atoms with Gasteiger partial charge in [0.25, 0.3) is 0 Å². The van der Waals surface area contributed by atoms with E-state index in [1.54, 1.807) is 11.0 Å². The lowest BCUT2D eigenvalue weighted by atomic mass is 10.2. The second kappa shape index (κ2) is 8.78. The maximum Gasteiger partial charge on any atom is 0.206 e. The zero-order valence-electron chi connectivity index (χ0n) is 16.7. The fourth-order valence-electron chi connectivity index (χ4n) is 3.66. The Labute approximate surface area is 180 Å². The molecule has 1 aliphatic rings. The molecule has 0 atom stereocenters. The number of anilines is 2. The van der Waals surface area contributed by atoms with Gasteiger partial charge in [-0.25, -0.2) is 19.6 Å². The molecule has 1 saturated heterocycles. The van der Waals surface area contributed by atoms with Crippen molar-refractivity contribution in [2.45, 2.75) is 6.54 Å². The van der Waals surface area contributed by atoms with E-state index in [0.717, 1.165) is 61.0 Å². The topological polar surface area (TPSA) is 99.6 Å². The van der Waals surface area contributed by atoms with Gasteiger partial charge in [0.05, 0.1) is 11.0 Å². The summed E-state index contributed by atoms with van der Waals surface area (Å²) in [4.78, 5) is 19.2. The number of aromatic amines is 1. The molecule has 156 valence electrons. The van der Waals surface area contributed by atoms with Crippen LogP contribution in [0.4, 0.5) is 11.8 Å².